The zero-order valence-electron chi connectivity index (χ0n) is 23.7. The Hall–Kier alpha value is -3.46. The molecule has 1 saturated carbocycles. The van der Waals surface area contributed by atoms with Gasteiger partial charge in [0, 0.05) is 24.8 Å². The molecule has 2 aliphatic carbocycles. The number of amides is 3. The van der Waals surface area contributed by atoms with E-state index in [1.165, 1.54) is 0 Å². The van der Waals surface area contributed by atoms with Crippen LogP contribution in [-0.2, 0) is 4.79 Å². The van der Waals surface area contributed by atoms with Crippen LogP contribution in [0.3, 0.4) is 0 Å². The molecule has 3 heterocycles. The van der Waals surface area contributed by atoms with Crippen LogP contribution in [0.25, 0.3) is 0 Å². The normalized spacial score (nSPS) is 34.0. The number of fused-ring (bicyclic) bond motifs is 1. The number of nitriles is 1. The Labute approximate surface area is 236 Å². The van der Waals surface area contributed by atoms with Crippen LogP contribution in [0.1, 0.15) is 53.4 Å². The fraction of sp³-hybridized carbons (Fsp3) is 0.586. The first-order valence-corrected chi connectivity index (χ1v) is 14.1. The molecule has 5 aliphatic rings. The summed E-state index contributed by atoms with van der Waals surface area (Å²) in [5.74, 6) is -0.397. The Morgan fingerprint density at radius 3 is 2.70 bits per heavy atom. The average Bonchev–Trinajstić information content (AvgIpc) is 3.67. The summed E-state index contributed by atoms with van der Waals surface area (Å²) in [6, 6.07) is 2.12. The fourth-order valence-corrected chi connectivity index (χ4v) is 5.99. The number of hydrogen-bond donors (Lipinski definition) is 5. The second-order valence-electron chi connectivity index (χ2n) is 12.7. The third-order valence-electron chi connectivity index (χ3n) is 8.13. The third kappa shape index (κ3) is 5.84. The van der Waals surface area contributed by atoms with Crippen LogP contribution in [0.5, 0.6) is 0 Å². The third-order valence-corrected chi connectivity index (χ3v) is 8.13. The van der Waals surface area contributed by atoms with E-state index >= 15 is 0 Å². The van der Waals surface area contributed by atoms with Crippen molar-refractivity contribution in [1.29, 1.82) is 5.26 Å². The van der Waals surface area contributed by atoms with Crippen molar-refractivity contribution in [1.82, 2.24) is 31.3 Å². The van der Waals surface area contributed by atoms with E-state index < -0.39 is 5.54 Å². The number of carbonyl (C=O) groups excluding carboxylic acids is 2. The Morgan fingerprint density at radius 1 is 1.27 bits per heavy atom. The van der Waals surface area contributed by atoms with Crippen molar-refractivity contribution >= 4 is 18.3 Å². The van der Waals surface area contributed by atoms with Crippen LogP contribution in [0, 0.1) is 22.7 Å². The molecule has 11 nitrogen and oxygen atoms in total. The topological polar surface area (TPSA) is 151 Å². The van der Waals surface area contributed by atoms with Gasteiger partial charge in [-0.3, -0.25) is 9.79 Å². The highest BCUT2D eigenvalue weighted by Gasteiger charge is 2.56. The minimum Gasteiger partial charge on any atom is -0.361 e. The number of urea groups is 1. The van der Waals surface area contributed by atoms with Gasteiger partial charge in [0.2, 0.25) is 0 Å². The Bertz CT molecular complexity index is 1220. The van der Waals surface area contributed by atoms with Crippen LogP contribution in [-0.4, -0.2) is 70.7 Å². The highest BCUT2D eigenvalue weighted by Crippen LogP contribution is 2.42. The molecule has 5 unspecified atom stereocenters. The van der Waals surface area contributed by atoms with E-state index in [0.717, 1.165) is 24.8 Å². The molecule has 11 heteroatoms. The van der Waals surface area contributed by atoms with Gasteiger partial charge in [0.05, 0.1) is 30.0 Å². The molecule has 0 spiro atoms. The van der Waals surface area contributed by atoms with Crippen molar-refractivity contribution in [3.63, 3.8) is 0 Å². The zero-order valence-corrected chi connectivity index (χ0v) is 23.7. The van der Waals surface area contributed by atoms with Crippen LogP contribution >= 0.6 is 0 Å². The summed E-state index contributed by atoms with van der Waals surface area (Å²) in [7, 11) is 0. The molecule has 3 amide bonds. The van der Waals surface area contributed by atoms with Crippen LogP contribution in [0.2, 0.25) is 0 Å². The first kappa shape index (κ1) is 28.1. The summed E-state index contributed by atoms with van der Waals surface area (Å²) >= 11 is 0. The van der Waals surface area contributed by atoms with E-state index in [1.807, 2.05) is 32.9 Å². The number of aliphatic imine (C=N–C) groups is 1. The molecule has 0 bridgehead atoms. The van der Waals surface area contributed by atoms with Crippen molar-refractivity contribution < 1.29 is 9.59 Å². The number of hydrazine groups is 1. The van der Waals surface area contributed by atoms with E-state index in [9.17, 15) is 14.9 Å². The van der Waals surface area contributed by atoms with Crippen molar-refractivity contribution in [3.05, 3.63) is 47.7 Å². The van der Waals surface area contributed by atoms with E-state index in [2.05, 4.69) is 51.5 Å². The lowest BCUT2D eigenvalue weighted by Gasteiger charge is -2.39. The number of nitrogens with zero attached hydrogens (tertiary/aromatic N) is 4. The molecule has 1 saturated heterocycles. The number of carbonyl (C=O) groups is 2. The molecule has 40 heavy (non-hydrogen) atoms. The van der Waals surface area contributed by atoms with E-state index in [1.54, 1.807) is 23.5 Å². The van der Waals surface area contributed by atoms with Gasteiger partial charge in [0.1, 0.15) is 17.8 Å². The van der Waals surface area contributed by atoms with Gasteiger partial charge in [-0.15, -0.1) is 0 Å². The largest absolute Gasteiger partial charge is 0.361 e. The Morgan fingerprint density at radius 2 is 2.05 bits per heavy atom. The highest BCUT2D eigenvalue weighted by atomic mass is 16.2. The molecule has 2 fully saturated rings. The van der Waals surface area contributed by atoms with E-state index in [0.29, 0.717) is 19.0 Å². The van der Waals surface area contributed by atoms with Gasteiger partial charge in [-0.25, -0.2) is 15.2 Å². The lowest BCUT2D eigenvalue weighted by atomic mass is 9.75. The molecule has 0 aromatic heterocycles. The van der Waals surface area contributed by atoms with E-state index in [-0.39, 0.29) is 53.3 Å². The van der Waals surface area contributed by atoms with Gasteiger partial charge in [-0.1, -0.05) is 51.2 Å². The molecule has 6 atom stereocenters. The molecular weight excluding hydrogens is 506 g/mol. The van der Waals surface area contributed by atoms with Crippen molar-refractivity contribution in [2.75, 3.05) is 6.54 Å². The first-order valence-electron chi connectivity index (χ1n) is 14.1. The number of nitrogens with one attached hydrogen (secondary N) is 4. The summed E-state index contributed by atoms with van der Waals surface area (Å²) in [6.45, 7) is 8.46. The minimum absolute atomic E-state index is 0.0749. The molecular formula is C29H41N9O2. The lowest BCUT2D eigenvalue weighted by molar-refractivity contribution is -0.125. The SMILES string of the molecule is CC(C)(C)/C=C(\C#N)C(=O)N1C=CC[C@@H](N2NC(C)(C3=CCC(NC(=O)NC4CC4)C=C3)C3C(N)NC=NC32)C1. The van der Waals surface area contributed by atoms with Gasteiger partial charge in [-0.05, 0) is 43.6 Å². The maximum atomic E-state index is 13.3. The summed E-state index contributed by atoms with van der Waals surface area (Å²) in [5.41, 5.74) is 10.8. The monoisotopic (exact) mass is 547 g/mol. The van der Waals surface area contributed by atoms with Crippen LogP contribution in [0.15, 0.2) is 52.7 Å². The van der Waals surface area contributed by atoms with Crippen LogP contribution < -0.4 is 27.1 Å². The van der Waals surface area contributed by atoms with Crippen molar-refractivity contribution in [3.8, 4) is 6.07 Å². The van der Waals surface area contributed by atoms with E-state index in [4.69, 9.17) is 10.7 Å². The van der Waals surface area contributed by atoms with Crippen LogP contribution in [0.4, 0.5) is 4.79 Å². The number of hydrogen-bond acceptors (Lipinski definition) is 8. The molecule has 5 rings (SSSR count). The zero-order chi connectivity index (χ0) is 28.7. The second kappa shape index (κ2) is 10.8. The molecule has 6 N–H and O–H groups in total. The molecule has 0 aromatic carbocycles. The van der Waals surface area contributed by atoms with Gasteiger partial charge in [0.25, 0.3) is 5.91 Å². The molecule has 3 aliphatic heterocycles. The van der Waals surface area contributed by atoms with Crippen molar-refractivity contribution in [2.45, 2.75) is 89.4 Å². The van der Waals surface area contributed by atoms with Gasteiger partial charge >= 0.3 is 6.03 Å². The van der Waals surface area contributed by atoms with Crippen molar-refractivity contribution in [2.24, 2.45) is 22.1 Å². The summed E-state index contributed by atoms with van der Waals surface area (Å²) < 4.78 is 0. The standard InChI is InChI=1S/C29H41N9O2/c1-28(2,3)14-18(15-30)26(39)37-13-5-6-22(16-37)38-25-23(24(31)32-17-33-25)29(4,36-38)19-7-9-20(10-8-19)34-27(40)35-21-11-12-21/h5,7-9,13-14,17,20-25,36H,6,10-12,16,31H2,1-4H3,(H,32,33)(H2,34,35,40)/b18-14+/t20?,22-,23?,24?,25?,29?/m1/s1. The lowest BCUT2D eigenvalue weighted by Crippen LogP contribution is -2.58. The predicted octanol–water partition coefficient (Wildman–Crippen LogP) is 1.75. The number of nitrogens with two attached hydrogens (primary N) is 1. The average molecular weight is 548 g/mol. The minimum atomic E-state index is -0.535. The second-order valence-corrected chi connectivity index (χ2v) is 12.7. The maximum Gasteiger partial charge on any atom is 0.315 e. The van der Waals surface area contributed by atoms with Gasteiger partial charge in [-0.2, -0.15) is 5.26 Å². The van der Waals surface area contributed by atoms with Gasteiger partial charge < -0.3 is 26.6 Å². The molecule has 214 valence electrons. The molecule has 0 aromatic rings. The number of rotatable bonds is 5. The highest BCUT2D eigenvalue weighted by molar-refractivity contribution is 5.98. The number of allylic oxidation sites excluding steroid dienone is 1. The first-order chi connectivity index (χ1) is 19.0. The fourth-order valence-electron chi connectivity index (χ4n) is 5.99. The molecule has 0 radical (unpaired) electrons. The Balaban J connectivity index is 1.32. The summed E-state index contributed by atoms with van der Waals surface area (Å²) in [4.78, 5) is 31.9. The smallest absolute Gasteiger partial charge is 0.315 e. The summed E-state index contributed by atoms with van der Waals surface area (Å²) in [6.07, 6.45) is 16.3. The Kier molecular flexibility index (Phi) is 7.61. The maximum absolute atomic E-state index is 13.3. The summed E-state index contributed by atoms with van der Waals surface area (Å²) in [5, 5.41) is 21.0. The quantitative estimate of drug-likeness (QED) is 0.260. The van der Waals surface area contributed by atoms with Gasteiger partial charge in [0.15, 0.2) is 0 Å². The predicted molar refractivity (Wildman–Crippen MR) is 153 cm³/mol.